The van der Waals surface area contributed by atoms with Crippen LogP contribution in [-0.4, -0.2) is 15.1 Å². The average molecular weight is 384 g/mol. The summed E-state index contributed by atoms with van der Waals surface area (Å²) >= 11 is 0. The first-order valence-electron chi connectivity index (χ1n) is 9.13. The predicted octanol–water partition coefficient (Wildman–Crippen LogP) is 4.39. The maximum atomic E-state index is 12.1. The van der Waals surface area contributed by atoms with Crippen molar-refractivity contribution in [2.75, 3.05) is 0 Å². The van der Waals surface area contributed by atoms with Crippen LogP contribution in [-0.2, 0) is 0 Å². The molecule has 0 saturated heterocycles. The molecule has 0 radical (unpaired) electrons. The normalized spacial score (nSPS) is 12.5. The van der Waals surface area contributed by atoms with Crippen molar-refractivity contribution in [2.24, 2.45) is 0 Å². The number of rotatable bonds is 3. The van der Waals surface area contributed by atoms with Crippen molar-refractivity contribution in [3.05, 3.63) is 94.6 Å². The third kappa shape index (κ3) is 2.81. The van der Waals surface area contributed by atoms with Gasteiger partial charge in [-0.1, -0.05) is 12.1 Å². The summed E-state index contributed by atoms with van der Waals surface area (Å²) in [6.45, 7) is 1.86. The second kappa shape index (κ2) is 6.68. The smallest absolute Gasteiger partial charge is 0.336 e. The Morgan fingerprint density at radius 2 is 1.93 bits per heavy atom. The molecule has 0 aliphatic rings. The molecule has 5 rings (SSSR count). The van der Waals surface area contributed by atoms with Crippen molar-refractivity contribution >= 4 is 21.9 Å². The lowest BCUT2D eigenvalue weighted by Gasteiger charge is -2.10. The summed E-state index contributed by atoms with van der Waals surface area (Å²) in [5.74, 6) is 0.323. The molecule has 1 unspecified atom stereocenters. The number of hydrogen-bond donors (Lipinski definition) is 1. The highest BCUT2D eigenvalue weighted by Crippen LogP contribution is 2.42. The topological polar surface area (TPSA) is 89.4 Å². The minimum atomic E-state index is -1.09. The molecule has 0 spiro atoms. The minimum absolute atomic E-state index is 0.323. The Kier molecular flexibility index (Phi) is 4.00. The third-order valence-corrected chi connectivity index (χ3v) is 4.96. The number of fused-ring (bicyclic) bond motifs is 3. The van der Waals surface area contributed by atoms with E-state index in [2.05, 4.69) is 9.97 Å². The van der Waals surface area contributed by atoms with Crippen LogP contribution in [0, 0.1) is 6.92 Å². The summed E-state index contributed by atoms with van der Waals surface area (Å²) in [6, 6.07) is 14.1. The van der Waals surface area contributed by atoms with Crippen LogP contribution in [0.4, 0.5) is 0 Å². The monoisotopic (exact) mass is 384 g/mol. The van der Waals surface area contributed by atoms with Crippen LogP contribution in [0.1, 0.15) is 23.1 Å². The second-order valence-corrected chi connectivity index (χ2v) is 6.80. The number of benzene rings is 1. The Labute approximate surface area is 165 Å². The highest BCUT2D eigenvalue weighted by atomic mass is 16.4. The SMILES string of the molecule is Cc1cc(=O)oc2c1ccc1oc(C(O)c3ccccn3)c(-c3cccnc3)c12. The molecule has 1 N–H and O–H groups in total. The van der Waals surface area contributed by atoms with Gasteiger partial charge in [0, 0.05) is 41.2 Å². The number of hydrogen-bond acceptors (Lipinski definition) is 6. The standard InChI is InChI=1S/C23H16N2O4/c1-13-11-18(26)29-22-15(13)7-8-17-20(22)19(14-5-4-9-24-12-14)23(28-17)21(27)16-6-2-3-10-25-16/h2-12,21,27H,1H3. The van der Waals surface area contributed by atoms with Crippen LogP contribution >= 0.6 is 0 Å². The van der Waals surface area contributed by atoms with Crippen LogP contribution in [0.15, 0.2) is 80.8 Å². The van der Waals surface area contributed by atoms with Gasteiger partial charge in [-0.05, 0) is 42.8 Å². The molecule has 5 aromatic rings. The van der Waals surface area contributed by atoms with Crippen molar-refractivity contribution in [1.82, 2.24) is 9.97 Å². The lowest BCUT2D eigenvalue weighted by molar-refractivity contribution is 0.188. The number of aliphatic hydroxyl groups excluding tert-OH is 1. The highest BCUT2D eigenvalue weighted by Gasteiger charge is 2.26. The predicted molar refractivity (Wildman–Crippen MR) is 109 cm³/mol. The molecule has 6 nitrogen and oxygen atoms in total. The Morgan fingerprint density at radius 3 is 2.69 bits per heavy atom. The number of aromatic nitrogens is 2. The van der Waals surface area contributed by atoms with Gasteiger partial charge in [-0.2, -0.15) is 0 Å². The molecule has 0 amide bonds. The van der Waals surface area contributed by atoms with Crippen LogP contribution in [0.3, 0.4) is 0 Å². The van der Waals surface area contributed by atoms with Gasteiger partial charge < -0.3 is 13.9 Å². The molecule has 1 atom stereocenters. The van der Waals surface area contributed by atoms with Crippen LogP contribution in [0.5, 0.6) is 0 Å². The summed E-state index contributed by atoms with van der Waals surface area (Å²) in [6.07, 6.45) is 3.88. The van der Waals surface area contributed by atoms with E-state index in [1.165, 1.54) is 6.07 Å². The largest absolute Gasteiger partial charge is 0.457 e. The third-order valence-electron chi connectivity index (χ3n) is 4.96. The van der Waals surface area contributed by atoms with Gasteiger partial charge in [-0.25, -0.2) is 4.79 Å². The Balaban J connectivity index is 1.91. The van der Waals surface area contributed by atoms with Crippen molar-refractivity contribution in [1.29, 1.82) is 0 Å². The zero-order chi connectivity index (χ0) is 20.0. The fourth-order valence-corrected chi connectivity index (χ4v) is 3.64. The van der Waals surface area contributed by atoms with Gasteiger partial charge in [0.15, 0.2) is 6.10 Å². The summed E-state index contributed by atoms with van der Waals surface area (Å²) in [7, 11) is 0. The summed E-state index contributed by atoms with van der Waals surface area (Å²) < 4.78 is 11.7. The lowest BCUT2D eigenvalue weighted by Crippen LogP contribution is -2.02. The van der Waals surface area contributed by atoms with Crippen LogP contribution in [0.2, 0.25) is 0 Å². The van der Waals surface area contributed by atoms with Crippen molar-refractivity contribution < 1.29 is 13.9 Å². The molecule has 29 heavy (non-hydrogen) atoms. The Bertz CT molecular complexity index is 1390. The van der Waals surface area contributed by atoms with Gasteiger partial charge in [-0.3, -0.25) is 9.97 Å². The van der Waals surface area contributed by atoms with E-state index in [1.807, 2.05) is 25.1 Å². The molecular formula is C23H16N2O4. The second-order valence-electron chi connectivity index (χ2n) is 6.80. The van der Waals surface area contributed by atoms with Gasteiger partial charge in [0.25, 0.3) is 0 Å². The van der Waals surface area contributed by atoms with Crippen molar-refractivity contribution in [3.8, 4) is 11.1 Å². The summed E-state index contributed by atoms with van der Waals surface area (Å²) in [5, 5.41) is 12.5. The maximum absolute atomic E-state index is 12.1. The van der Waals surface area contributed by atoms with E-state index < -0.39 is 11.7 Å². The van der Waals surface area contributed by atoms with E-state index in [0.29, 0.717) is 33.6 Å². The number of nitrogens with zero attached hydrogens (tertiary/aromatic N) is 2. The van der Waals surface area contributed by atoms with E-state index in [9.17, 15) is 9.90 Å². The fraction of sp³-hybridized carbons (Fsp3) is 0.0870. The highest BCUT2D eigenvalue weighted by molar-refractivity contribution is 6.11. The van der Waals surface area contributed by atoms with Crippen LogP contribution in [0.25, 0.3) is 33.1 Å². The molecule has 4 heterocycles. The average Bonchev–Trinajstić information content (AvgIpc) is 3.14. The summed E-state index contributed by atoms with van der Waals surface area (Å²) in [4.78, 5) is 20.5. The molecule has 4 aromatic heterocycles. The van der Waals surface area contributed by atoms with Gasteiger partial charge >= 0.3 is 5.63 Å². The lowest BCUT2D eigenvalue weighted by atomic mass is 9.98. The first kappa shape index (κ1) is 17.3. The molecule has 0 aliphatic heterocycles. The van der Waals surface area contributed by atoms with Gasteiger partial charge in [0.1, 0.15) is 16.9 Å². The number of aliphatic hydroxyl groups is 1. The molecule has 0 fully saturated rings. The molecule has 0 saturated carbocycles. The molecule has 1 aromatic carbocycles. The zero-order valence-electron chi connectivity index (χ0n) is 15.5. The van der Waals surface area contributed by atoms with E-state index in [4.69, 9.17) is 8.83 Å². The molecular weight excluding hydrogens is 368 g/mol. The van der Waals surface area contributed by atoms with Crippen LogP contribution < -0.4 is 5.63 Å². The van der Waals surface area contributed by atoms with Crippen molar-refractivity contribution in [3.63, 3.8) is 0 Å². The van der Waals surface area contributed by atoms with Crippen molar-refractivity contribution in [2.45, 2.75) is 13.0 Å². The minimum Gasteiger partial charge on any atom is -0.457 e. The Hall–Kier alpha value is -3.77. The number of furan rings is 1. The number of pyridine rings is 2. The zero-order valence-corrected chi connectivity index (χ0v) is 15.5. The van der Waals surface area contributed by atoms with Gasteiger partial charge in [0.2, 0.25) is 0 Å². The van der Waals surface area contributed by atoms with Gasteiger partial charge in [0.05, 0.1) is 11.1 Å². The maximum Gasteiger partial charge on any atom is 0.336 e. The fourth-order valence-electron chi connectivity index (χ4n) is 3.64. The Morgan fingerprint density at radius 1 is 1.03 bits per heavy atom. The van der Waals surface area contributed by atoms with E-state index in [0.717, 1.165) is 16.5 Å². The molecule has 0 bridgehead atoms. The molecule has 6 heteroatoms. The first-order valence-corrected chi connectivity index (χ1v) is 9.13. The van der Waals surface area contributed by atoms with E-state index >= 15 is 0 Å². The van der Waals surface area contributed by atoms with E-state index in [-0.39, 0.29) is 0 Å². The molecule has 0 aliphatic carbocycles. The quantitative estimate of drug-likeness (QED) is 0.464. The summed E-state index contributed by atoms with van der Waals surface area (Å²) in [5.41, 5.74) is 3.14. The van der Waals surface area contributed by atoms with Gasteiger partial charge in [-0.15, -0.1) is 0 Å². The first-order chi connectivity index (χ1) is 14.1. The molecule has 142 valence electrons. The van der Waals surface area contributed by atoms with E-state index in [1.54, 1.807) is 42.9 Å². The number of aryl methyl sites for hydroxylation is 1.